The van der Waals surface area contributed by atoms with Crippen molar-refractivity contribution >= 4 is 35.6 Å². The van der Waals surface area contributed by atoms with E-state index in [-0.39, 0.29) is 48.6 Å². The molecule has 2 unspecified atom stereocenters. The van der Waals surface area contributed by atoms with Crippen molar-refractivity contribution in [3.63, 3.8) is 0 Å². The van der Waals surface area contributed by atoms with Crippen LogP contribution in [-0.4, -0.2) is 82.7 Å². The molecular formula is C21H34N2O7S. The molecule has 1 saturated carbocycles. The highest BCUT2D eigenvalue weighted by atomic mass is 32.2. The molecule has 0 radical (unpaired) electrons. The average Bonchev–Trinajstić information content (AvgIpc) is 3.12. The van der Waals surface area contributed by atoms with E-state index in [9.17, 15) is 24.3 Å². The molecule has 0 aromatic rings. The summed E-state index contributed by atoms with van der Waals surface area (Å²) in [6.45, 7) is 5.53. The van der Waals surface area contributed by atoms with Crippen LogP contribution in [0.4, 0.5) is 0 Å². The molecule has 0 aromatic carbocycles. The first kappa shape index (κ1) is 25.5. The van der Waals surface area contributed by atoms with Gasteiger partial charge in [-0.2, -0.15) is 0 Å². The standard InChI is InChI=1S/C21H34N2O7S/c1-4-29-18(24)12-31-11-15(21(28)30-5-2)22-13(3)19(25)23-16-9-7-6-8-14(16)10-17(23)20(26)27/h13-17,22H,4-12H2,1-3H3,(H,26,27)/t13-,14?,15+,16?,17-/m0/s1. The van der Waals surface area contributed by atoms with E-state index in [0.717, 1.165) is 25.7 Å². The zero-order valence-corrected chi connectivity index (χ0v) is 19.3. The number of carboxylic acid groups (broad SMARTS) is 1. The van der Waals surface area contributed by atoms with Crippen LogP contribution in [0.2, 0.25) is 0 Å². The summed E-state index contributed by atoms with van der Waals surface area (Å²) in [5.74, 6) is -1.65. The lowest BCUT2D eigenvalue weighted by Crippen LogP contribution is -2.56. The van der Waals surface area contributed by atoms with E-state index in [4.69, 9.17) is 9.47 Å². The highest BCUT2D eigenvalue weighted by Gasteiger charge is 2.48. The van der Waals surface area contributed by atoms with Gasteiger partial charge in [0.2, 0.25) is 5.91 Å². The number of likely N-dealkylation sites (tertiary alicyclic amines) is 1. The van der Waals surface area contributed by atoms with Gasteiger partial charge in [0, 0.05) is 11.8 Å². The maximum absolute atomic E-state index is 13.3. The maximum atomic E-state index is 13.3. The van der Waals surface area contributed by atoms with Gasteiger partial charge in [-0.1, -0.05) is 12.8 Å². The number of hydrogen-bond donors (Lipinski definition) is 2. The van der Waals surface area contributed by atoms with E-state index >= 15 is 0 Å². The molecule has 1 heterocycles. The monoisotopic (exact) mass is 458 g/mol. The first-order chi connectivity index (χ1) is 14.8. The van der Waals surface area contributed by atoms with Gasteiger partial charge in [-0.25, -0.2) is 4.79 Å². The van der Waals surface area contributed by atoms with Crippen LogP contribution in [0.25, 0.3) is 0 Å². The van der Waals surface area contributed by atoms with Crippen molar-refractivity contribution in [2.45, 2.75) is 77.0 Å². The number of amides is 1. The fourth-order valence-electron chi connectivity index (χ4n) is 4.48. The molecule has 1 aliphatic heterocycles. The molecule has 2 rings (SSSR count). The van der Waals surface area contributed by atoms with Gasteiger partial charge in [0.1, 0.15) is 12.1 Å². The summed E-state index contributed by atoms with van der Waals surface area (Å²) in [7, 11) is 0. The van der Waals surface area contributed by atoms with Crippen LogP contribution >= 0.6 is 11.8 Å². The Morgan fingerprint density at radius 3 is 2.45 bits per heavy atom. The molecule has 10 heteroatoms. The van der Waals surface area contributed by atoms with Crippen molar-refractivity contribution in [2.75, 3.05) is 24.7 Å². The number of ether oxygens (including phenoxy) is 2. The molecule has 1 amide bonds. The molecule has 1 aliphatic carbocycles. The summed E-state index contributed by atoms with van der Waals surface area (Å²) in [5.41, 5.74) is 0. The highest BCUT2D eigenvalue weighted by Crippen LogP contribution is 2.40. The number of hydrogen-bond acceptors (Lipinski definition) is 8. The van der Waals surface area contributed by atoms with Crippen molar-refractivity contribution < 1.29 is 33.8 Å². The van der Waals surface area contributed by atoms with Gasteiger partial charge in [-0.15, -0.1) is 11.8 Å². The number of aliphatic carboxylic acids is 1. The molecule has 9 nitrogen and oxygen atoms in total. The van der Waals surface area contributed by atoms with Gasteiger partial charge < -0.3 is 19.5 Å². The Morgan fingerprint density at radius 1 is 1.13 bits per heavy atom. The SMILES string of the molecule is CCOC(=O)CSC[C@@H](N[C@@H](C)C(=O)N1C2CCCCC2C[C@H]1C(=O)O)C(=O)OCC. The first-order valence-electron chi connectivity index (χ1n) is 11.0. The van der Waals surface area contributed by atoms with Crippen LogP contribution in [0.15, 0.2) is 0 Å². The molecule has 31 heavy (non-hydrogen) atoms. The number of nitrogens with zero attached hydrogens (tertiary/aromatic N) is 1. The Kier molecular flexibility index (Phi) is 10.1. The Labute approximate surface area is 187 Å². The van der Waals surface area contributed by atoms with E-state index in [1.54, 1.807) is 20.8 Å². The normalized spacial score (nSPS) is 24.7. The summed E-state index contributed by atoms with van der Waals surface area (Å²) < 4.78 is 10.0. The lowest BCUT2D eigenvalue weighted by atomic mass is 9.84. The minimum atomic E-state index is -0.984. The van der Waals surface area contributed by atoms with E-state index in [1.165, 1.54) is 16.7 Å². The van der Waals surface area contributed by atoms with Gasteiger partial charge in [0.05, 0.1) is 25.0 Å². The Hall–Kier alpha value is -1.81. The Morgan fingerprint density at radius 2 is 1.81 bits per heavy atom. The molecule has 2 N–H and O–H groups in total. The fraction of sp³-hybridized carbons (Fsp3) is 0.810. The molecule has 0 bridgehead atoms. The van der Waals surface area contributed by atoms with Crippen molar-refractivity contribution in [2.24, 2.45) is 5.92 Å². The third-order valence-corrected chi connectivity index (χ3v) is 6.84. The molecule has 2 aliphatic rings. The minimum absolute atomic E-state index is 0.0640. The summed E-state index contributed by atoms with van der Waals surface area (Å²) >= 11 is 1.22. The van der Waals surface area contributed by atoms with Crippen LogP contribution < -0.4 is 5.32 Å². The average molecular weight is 459 g/mol. The van der Waals surface area contributed by atoms with Crippen molar-refractivity contribution in [1.82, 2.24) is 10.2 Å². The number of carbonyl (C=O) groups is 4. The third-order valence-electron chi connectivity index (χ3n) is 5.83. The van der Waals surface area contributed by atoms with Gasteiger partial charge in [0.25, 0.3) is 0 Å². The van der Waals surface area contributed by atoms with Gasteiger partial charge in [-0.3, -0.25) is 19.7 Å². The zero-order chi connectivity index (χ0) is 23.0. The molecule has 5 atom stereocenters. The topological polar surface area (TPSA) is 122 Å². The van der Waals surface area contributed by atoms with Crippen molar-refractivity contribution in [1.29, 1.82) is 0 Å². The quantitative estimate of drug-likeness (QED) is 0.443. The molecule has 0 spiro atoms. The smallest absolute Gasteiger partial charge is 0.326 e. The molecule has 1 saturated heterocycles. The van der Waals surface area contributed by atoms with Crippen molar-refractivity contribution in [3.8, 4) is 0 Å². The summed E-state index contributed by atoms with van der Waals surface area (Å²) in [6, 6.07) is -2.46. The van der Waals surface area contributed by atoms with Gasteiger partial charge in [0.15, 0.2) is 0 Å². The number of esters is 2. The van der Waals surface area contributed by atoms with E-state index in [0.29, 0.717) is 6.42 Å². The van der Waals surface area contributed by atoms with E-state index < -0.39 is 30.1 Å². The summed E-state index contributed by atoms with van der Waals surface area (Å²) in [4.78, 5) is 50.6. The maximum Gasteiger partial charge on any atom is 0.326 e. The largest absolute Gasteiger partial charge is 0.480 e. The number of fused-ring (bicyclic) bond motifs is 1. The van der Waals surface area contributed by atoms with E-state index in [2.05, 4.69) is 5.32 Å². The molecule has 0 aromatic heterocycles. The summed E-state index contributed by atoms with van der Waals surface area (Å²) in [6.07, 6.45) is 4.27. The number of carbonyl (C=O) groups excluding carboxylic acids is 3. The van der Waals surface area contributed by atoms with Gasteiger partial charge >= 0.3 is 17.9 Å². The number of carboxylic acids is 1. The second-order valence-corrected chi connectivity index (χ2v) is 8.99. The lowest BCUT2D eigenvalue weighted by molar-refractivity contribution is -0.151. The van der Waals surface area contributed by atoms with Crippen LogP contribution in [0.3, 0.4) is 0 Å². The molecular weight excluding hydrogens is 424 g/mol. The predicted octanol–water partition coefficient (Wildman–Crippen LogP) is 1.44. The third kappa shape index (κ3) is 6.83. The van der Waals surface area contributed by atoms with E-state index in [1.807, 2.05) is 0 Å². The summed E-state index contributed by atoms with van der Waals surface area (Å²) in [5, 5.41) is 12.7. The predicted molar refractivity (Wildman–Crippen MR) is 116 cm³/mol. The first-order valence-corrected chi connectivity index (χ1v) is 12.2. The lowest BCUT2D eigenvalue weighted by Gasteiger charge is -2.35. The zero-order valence-electron chi connectivity index (χ0n) is 18.5. The molecule has 176 valence electrons. The van der Waals surface area contributed by atoms with Crippen LogP contribution in [0.5, 0.6) is 0 Å². The van der Waals surface area contributed by atoms with Crippen LogP contribution in [0.1, 0.15) is 52.9 Å². The number of thioether (sulfide) groups is 1. The minimum Gasteiger partial charge on any atom is -0.480 e. The second-order valence-electron chi connectivity index (χ2n) is 7.96. The van der Waals surface area contributed by atoms with Gasteiger partial charge in [-0.05, 0) is 46.0 Å². The number of nitrogens with one attached hydrogen (secondary N) is 1. The van der Waals surface area contributed by atoms with Crippen LogP contribution in [0, 0.1) is 5.92 Å². The fourth-order valence-corrected chi connectivity index (χ4v) is 5.32. The second kappa shape index (κ2) is 12.3. The highest BCUT2D eigenvalue weighted by molar-refractivity contribution is 8.00. The Bertz CT molecular complexity index is 660. The Balaban J connectivity index is 2.05. The van der Waals surface area contributed by atoms with Crippen molar-refractivity contribution in [3.05, 3.63) is 0 Å². The number of rotatable bonds is 11. The molecule has 2 fully saturated rings. The van der Waals surface area contributed by atoms with Crippen LogP contribution in [-0.2, 0) is 28.7 Å².